The minimum atomic E-state index is -0.737. The fourth-order valence-electron chi connectivity index (χ4n) is 1.46. The highest BCUT2D eigenvalue weighted by Crippen LogP contribution is 2.24. The van der Waals surface area contributed by atoms with Gasteiger partial charge in [0, 0.05) is 6.42 Å². The molecule has 0 unspecified atom stereocenters. The summed E-state index contributed by atoms with van der Waals surface area (Å²) < 4.78 is 0. The lowest BCUT2D eigenvalue weighted by Crippen LogP contribution is -2.41. The van der Waals surface area contributed by atoms with E-state index in [1.54, 1.807) is 0 Å². The summed E-state index contributed by atoms with van der Waals surface area (Å²) in [5.74, 6) is 0.0127. The van der Waals surface area contributed by atoms with Gasteiger partial charge in [-0.1, -0.05) is 6.92 Å². The molecule has 0 heterocycles. The average molecular weight is 146 g/mol. The molecule has 3 heteroatoms. The highest BCUT2D eigenvalue weighted by Gasteiger charge is 2.31. The Balaban J connectivity index is 2.49. The second-order valence-electron chi connectivity index (χ2n) is 3.16. The quantitative estimate of drug-likeness (QED) is 0.431. The van der Waals surface area contributed by atoms with Gasteiger partial charge in [-0.3, -0.25) is 0 Å². The van der Waals surface area contributed by atoms with Crippen LogP contribution in [0.15, 0.2) is 0 Å². The maximum absolute atomic E-state index is 9.20. The molecule has 60 valence electrons. The standard InChI is InChI=1S/C7H14O3/c1-4-2-5(8)3-6(9)7(4)10/h4-10H,2-3H2,1H3/t4-,5+,6+,7-/m1/s1. The third-order valence-corrected chi connectivity index (χ3v) is 2.13. The van der Waals surface area contributed by atoms with Crippen molar-refractivity contribution in [2.45, 2.75) is 38.1 Å². The van der Waals surface area contributed by atoms with Crippen LogP contribution in [0.2, 0.25) is 0 Å². The molecule has 1 saturated carbocycles. The van der Waals surface area contributed by atoms with Gasteiger partial charge in [0.2, 0.25) is 0 Å². The summed E-state index contributed by atoms with van der Waals surface area (Å²) >= 11 is 0. The van der Waals surface area contributed by atoms with Crippen LogP contribution >= 0.6 is 0 Å². The third kappa shape index (κ3) is 1.48. The lowest BCUT2D eigenvalue weighted by atomic mass is 9.84. The molecule has 1 aliphatic carbocycles. The van der Waals surface area contributed by atoms with Gasteiger partial charge in [-0.2, -0.15) is 0 Å². The molecular formula is C7H14O3. The monoisotopic (exact) mass is 146 g/mol. The van der Waals surface area contributed by atoms with Crippen molar-refractivity contribution >= 4 is 0 Å². The maximum Gasteiger partial charge on any atom is 0.0826 e. The molecule has 0 spiro atoms. The summed E-state index contributed by atoms with van der Waals surface area (Å²) in [5.41, 5.74) is 0. The molecule has 3 N–H and O–H groups in total. The minimum absolute atomic E-state index is 0.0127. The van der Waals surface area contributed by atoms with Gasteiger partial charge in [-0.25, -0.2) is 0 Å². The van der Waals surface area contributed by atoms with Gasteiger partial charge in [0.05, 0.1) is 18.3 Å². The second-order valence-corrected chi connectivity index (χ2v) is 3.16. The molecule has 10 heavy (non-hydrogen) atoms. The fraction of sp³-hybridized carbons (Fsp3) is 1.00. The van der Waals surface area contributed by atoms with Gasteiger partial charge in [-0.15, -0.1) is 0 Å². The number of aliphatic hydroxyl groups is 3. The van der Waals surface area contributed by atoms with E-state index in [9.17, 15) is 5.11 Å². The molecule has 0 aromatic heterocycles. The molecule has 0 bridgehead atoms. The van der Waals surface area contributed by atoms with Crippen molar-refractivity contribution in [1.82, 2.24) is 0 Å². The van der Waals surface area contributed by atoms with Crippen molar-refractivity contribution in [3.8, 4) is 0 Å². The first kappa shape index (κ1) is 7.98. The van der Waals surface area contributed by atoms with Crippen LogP contribution in [-0.4, -0.2) is 33.6 Å². The molecular weight excluding hydrogens is 132 g/mol. The Kier molecular flexibility index (Phi) is 2.28. The normalized spacial score (nSPS) is 49.2. The van der Waals surface area contributed by atoms with Gasteiger partial charge >= 0.3 is 0 Å². The molecule has 0 aromatic rings. The molecule has 4 atom stereocenters. The first-order valence-electron chi connectivity index (χ1n) is 3.65. The lowest BCUT2D eigenvalue weighted by Gasteiger charge is -2.32. The SMILES string of the molecule is C[C@@H]1C[C@H](O)C[C@H](O)[C@@H]1O. The molecule has 0 aromatic carbocycles. The first-order chi connectivity index (χ1) is 4.61. The van der Waals surface area contributed by atoms with Crippen molar-refractivity contribution in [2.75, 3.05) is 0 Å². The Morgan fingerprint density at radius 2 is 1.70 bits per heavy atom. The zero-order valence-corrected chi connectivity index (χ0v) is 6.07. The summed E-state index contributed by atoms with van der Waals surface area (Å²) in [6, 6.07) is 0. The lowest BCUT2D eigenvalue weighted by molar-refractivity contribution is -0.0782. The second kappa shape index (κ2) is 2.86. The van der Waals surface area contributed by atoms with E-state index >= 15 is 0 Å². The minimum Gasteiger partial charge on any atom is -0.393 e. The summed E-state index contributed by atoms with van der Waals surface area (Å²) in [6.45, 7) is 1.83. The number of rotatable bonds is 0. The van der Waals surface area contributed by atoms with E-state index in [1.165, 1.54) is 0 Å². The van der Waals surface area contributed by atoms with Crippen molar-refractivity contribution in [1.29, 1.82) is 0 Å². The zero-order chi connectivity index (χ0) is 7.72. The number of hydrogen-bond acceptors (Lipinski definition) is 3. The molecule has 0 saturated heterocycles. The molecule has 3 nitrogen and oxygen atoms in total. The van der Waals surface area contributed by atoms with Crippen LogP contribution in [0.5, 0.6) is 0 Å². The number of hydrogen-bond donors (Lipinski definition) is 3. The van der Waals surface area contributed by atoms with Gasteiger partial charge in [0.15, 0.2) is 0 Å². The van der Waals surface area contributed by atoms with E-state index < -0.39 is 18.3 Å². The smallest absolute Gasteiger partial charge is 0.0826 e. The topological polar surface area (TPSA) is 60.7 Å². The fourth-order valence-corrected chi connectivity index (χ4v) is 1.46. The van der Waals surface area contributed by atoms with Crippen molar-refractivity contribution < 1.29 is 15.3 Å². The van der Waals surface area contributed by atoms with Gasteiger partial charge in [0.25, 0.3) is 0 Å². The summed E-state index contributed by atoms with van der Waals surface area (Å²) in [6.07, 6.45) is -0.917. The van der Waals surface area contributed by atoms with Crippen LogP contribution < -0.4 is 0 Å². The molecule has 0 aliphatic heterocycles. The Hall–Kier alpha value is -0.120. The first-order valence-corrected chi connectivity index (χ1v) is 3.65. The molecule has 0 amide bonds. The van der Waals surface area contributed by atoms with Crippen molar-refractivity contribution in [2.24, 2.45) is 5.92 Å². The molecule has 0 radical (unpaired) electrons. The predicted molar refractivity (Wildman–Crippen MR) is 36.4 cm³/mol. The Morgan fingerprint density at radius 1 is 1.10 bits per heavy atom. The van der Waals surface area contributed by atoms with Crippen LogP contribution in [-0.2, 0) is 0 Å². The van der Waals surface area contributed by atoms with Crippen LogP contribution in [0.3, 0.4) is 0 Å². The Bertz CT molecular complexity index is 103. The highest BCUT2D eigenvalue weighted by atomic mass is 16.3. The van der Waals surface area contributed by atoms with E-state index in [-0.39, 0.29) is 5.92 Å². The molecule has 1 aliphatic rings. The summed E-state index contributed by atoms with van der Waals surface area (Å²) in [4.78, 5) is 0. The van der Waals surface area contributed by atoms with E-state index in [4.69, 9.17) is 10.2 Å². The number of aliphatic hydroxyl groups excluding tert-OH is 3. The average Bonchev–Trinajstić information content (AvgIpc) is 1.82. The van der Waals surface area contributed by atoms with Gasteiger partial charge in [0.1, 0.15) is 0 Å². The molecule has 1 fully saturated rings. The third-order valence-electron chi connectivity index (χ3n) is 2.13. The van der Waals surface area contributed by atoms with Crippen LogP contribution in [0.25, 0.3) is 0 Å². The van der Waals surface area contributed by atoms with Crippen molar-refractivity contribution in [3.63, 3.8) is 0 Å². The summed E-state index contributed by atoms with van der Waals surface area (Å²) in [5, 5.41) is 27.4. The zero-order valence-electron chi connectivity index (χ0n) is 6.07. The van der Waals surface area contributed by atoms with E-state index in [0.717, 1.165) is 0 Å². The van der Waals surface area contributed by atoms with Gasteiger partial charge < -0.3 is 15.3 Å². The predicted octanol–water partition coefficient (Wildman–Crippen LogP) is -0.501. The highest BCUT2D eigenvalue weighted by molar-refractivity contribution is 4.83. The largest absolute Gasteiger partial charge is 0.393 e. The molecule has 1 rings (SSSR count). The Labute approximate surface area is 60.3 Å². The van der Waals surface area contributed by atoms with Crippen LogP contribution in [0.4, 0.5) is 0 Å². The van der Waals surface area contributed by atoms with E-state index in [0.29, 0.717) is 12.8 Å². The van der Waals surface area contributed by atoms with Gasteiger partial charge in [-0.05, 0) is 12.3 Å². The van der Waals surface area contributed by atoms with E-state index in [2.05, 4.69) is 0 Å². The van der Waals surface area contributed by atoms with Crippen LogP contribution in [0, 0.1) is 5.92 Å². The maximum atomic E-state index is 9.20. The van der Waals surface area contributed by atoms with E-state index in [1.807, 2.05) is 6.92 Å². The summed E-state index contributed by atoms with van der Waals surface area (Å²) in [7, 11) is 0. The van der Waals surface area contributed by atoms with Crippen molar-refractivity contribution in [3.05, 3.63) is 0 Å². The van der Waals surface area contributed by atoms with Crippen LogP contribution in [0.1, 0.15) is 19.8 Å². The Morgan fingerprint density at radius 3 is 2.20 bits per heavy atom.